The summed E-state index contributed by atoms with van der Waals surface area (Å²) in [5, 5.41) is 6.53. The Morgan fingerprint density at radius 3 is 2.33 bits per heavy atom. The van der Waals surface area contributed by atoms with Gasteiger partial charge in [0, 0.05) is 0 Å². The van der Waals surface area contributed by atoms with Crippen LogP contribution in [0.25, 0.3) is 0 Å². The molecule has 160 valence electrons. The maximum Gasteiger partial charge on any atom is 0.262 e. The van der Waals surface area contributed by atoms with Crippen LogP contribution >= 0.6 is 0 Å². The molecule has 0 spiro atoms. The molecule has 0 radical (unpaired) electrons. The number of nitrogens with zero attached hydrogens (tertiary/aromatic N) is 1. The first-order chi connectivity index (χ1) is 14.3. The van der Waals surface area contributed by atoms with Crippen LogP contribution in [0.15, 0.2) is 53.6 Å². The number of halogens is 1. The van der Waals surface area contributed by atoms with Crippen LogP contribution < -0.4 is 15.5 Å². The van der Waals surface area contributed by atoms with Crippen molar-refractivity contribution in [1.29, 1.82) is 0 Å². The third-order valence-electron chi connectivity index (χ3n) is 4.21. The zero-order valence-corrected chi connectivity index (χ0v) is 17.7. The zero-order valence-electron chi connectivity index (χ0n) is 17.7. The molecule has 2 aromatic carbocycles. The molecule has 0 heterocycles. The van der Waals surface area contributed by atoms with Crippen molar-refractivity contribution in [3.05, 3.63) is 65.5 Å². The molecular weight excluding hydrogens is 385 g/mol. The monoisotopic (exact) mass is 413 g/mol. The number of carbonyl (C=O) groups excluding carboxylic acids is 2. The Morgan fingerprint density at radius 2 is 1.73 bits per heavy atom. The van der Waals surface area contributed by atoms with Gasteiger partial charge in [-0.2, -0.15) is 5.10 Å². The number of hydrogen-bond donors (Lipinski definition) is 2. The van der Waals surface area contributed by atoms with Crippen LogP contribution in [0.5, 0.6) is 5.75 Å². The summed E-state index contributed by atoms with van der Waals surface area (Å²) < 4.78 is 19.4. The fourth-order valence-electron chi connectivity index (χ4n) is 2.55. The molecule has 2 aromatic rings. The van der Waals surface area contributed by atoms with E-state index in [0.29, 0.717) is 12.5 Å². The number of carbonyl (C=O) groups is 2. The molecule has 0 saturated carbocycles. The summed E-state index contributed by atoms with van der Waals surface area (Å²) in [6.45, 7) is 8.36. The number of amides is 2. The van der Waals surface area contributed by atoms with Crippen molar-refractivity contribution in [2.75, 3.05) is 6.61 Å². The van der Waals surface area contributed by atoms with E-state index in [-0.39, 0.29) is 11.5 Å². The molecule has 30 heavy (non-hydrogen) atoms. The highest BCUT2D eigenvalue weighted by Crippen LogP contribution is 2.12. The Kier molecular flexibility index (Phi) is 8.53. The van der Waals surface area contributed by atoms with Crippen LogP contribution in [0.2, 0.25) is 0 Å². The first-order valence-corrected chi connectivity index (χ1v) is 9.89. The van der Waals surface area contributed by atoms with Gasteiger partial charge in [0.2, 0.25) is 0 Å². The molecular formula is C23H28FN3O3. The highest BCUT2D eigenvalue weighted by Gasteiger charge is 2.25. The summed E-state index contributed by atoms with van der Waals surface area (Å²) in [7, 11) is 0. The minimum Gasteiger partial charge on any atom is -0.493 e. The minimum absolute atomic E-state index is 0.112. The molecule has 0 fully saturated rings. The second-order valence-corrected chi connectivity index (χ2v) is 7.68. The van der Waals surface area contributed by atoms with Gasteiger partial charge in [-0.05, 0) is 53.8 Å². The fourth-order valence-corrected chi connectivity index (χ4v) is 2.55. The van der Waals surface area contributed by atoms with Crippen molar-refractivity contribution in [1.82, 2.24) is 10.7 Å². The van der Waals surface area contributed by atoms with E-state index in [9.17, 15) is 14.0 Å². The number of nitrogens with one attached hydrogen (secondary N) is 2. The Balaban J connectivity index is 1.95. The predicted octanol–water partition coefficient (Wildman–Crippen LogP) is 3.77. The Labute approximate surface area is 176 Å². The van der Waals surface area contributed by atoms with Crippen LogP contribution in [-0.2, 0) is 4.79 Å². The van der Waals surface area contributed by atoms with Gasteiger partial charge < -0.3 is 10.1 Å². The van der Waals surface area contributed by atoms with E-state index in [1.54, 1.807) is 19.9 Å². The number of hydrazone groups is 1. The molecule has 1 atom stereocenters. The lowest BCUT2D eigenvalue weighted by Gasteiger charge is -2.20. The molecule has 0 aliphatic rings. The third-order valence-corrected chi connectivity index (χ3v) is 4.21. The molecule has 2 amide bonds. The van der Waals surface area contributed by atoms with E-state index in [1.165, 1.54) is 24.4 Å². The van der Waals surface area contributed by atoms with Gasteiger partial charge in [0.15, 0.2) is 0 Å². The topological polar surface area (TPSA) is 79.8 Å². The third kappa shape index (κ3) is 6.99. The predicted molar refractivity (Wildman–Crippen MR) is 115 cm³/mol. The van der Waals surface area contributed by atoms with E-state index in [2.05, 4.69) is 29.7 Å². The molecule has 2 rings (SSSR count). The lowest BCUT2D eigenvalue weighted by Crippen LogP contribution is -2.48. The van der Waals surface area contributed by atoms with Gasteiger partial charge in [-0.3, -0.25) is 9.59 Å². The van der Waals surface area contributed by atoms with Crippen LogP contribution in [0.4, 0.5) is 4.39 Å². The van der Waals surface area contributed by atoms with Gasteiger partial charge in [0.05, 0.1) is 18.4 Å². The van der Waals surface area contributed by atoms with Crippen molar-refractivity contribution in [3.63, 3.8) is 0 Å². The first kappa shape index (κ1) is 23.1. The Bertz CT molecular complexity index is 880. The summed E-state index contributed by atoms with van der Waals surface area (Å²) >= 11 is 0. The fraction of sp³-hybridized carbons (Fsp3) is 0.348. The van der Waals surface area contributed by atoms with E-state index < -0.39 is 23.7 Å². The average Bonchev–Trinajstić information content (AvgIpc) is 2.71. The summed E-state index contributed by atoms with van der Waals surface area (Å²) in [5.74, 6) is -0.786. The highest BCUT2D eigenvalue weighted by atomic mass is 19.1. The number of ether oxygens (including phenoxy) is 1. The molecule has 2 N–H and O–H groups in total. The SMILES string of the molecule is CC(C)COc1ccc(C=NNC(=O)C(NC(=O)c2ccccc2F)C(C)C)cc1. The van der Waals surface area contributed by atoms with Crippen LogP contribution in [0, 0.1) is 17.7 Å². The maximum atomic E-state index is 13.8. The van der Waals surface area contributed by atoms with Gasteiger partial charge in [-0.15, -0.1) is 0 Å². The normalized spacial score (nSPS) is 12.2. The van der Waals surface area contributed by atoms with Gasteiger partial charge in [0.1, 0.15) is 17.6 Å². The maximum absolute atomic E-state index is 13.8. The van der Waals surface area contributed by atoms with Crippen LogP contribution in [0.3, 0.4) is 0 Å². The second-order valence-electron chi connectivity index (χ2n) is 7.68. The Morgan fingerprint density at radius 1 is 1.07 bits per heavy atom. The summed E-state index contributed by atoms with van der Waals surface area (Å²) in [5.41, 5.74) is 3.10. The Hall–Kier alpha value is -3.22. The number of benzene rings is 2. The molecule has 6 nitrogen and oxygen atoms in total. The zero-order chi connectivity index (χ0) is 22.1. The molecule has 0 aromatic heterocycles. The van der Waals surface area contributed by atoms with Gasteiger partial charge in [-0.25, -0.2) is 9.82 Å². The lowest BCUT2D eigenvalue weighted by molar-refractivity contribution is -0.123. The second kappa shape index (κ2) is 11.1. The lowest BCUT2D eigenvalue weighted by atomic mass is 10.0. The van der Waals surface area contributed by atoms with Crippen molar-refractivity contribution < 1.29 is 18.7 Å². The highest BCUT2D eigenvalue weighted by molar-refractivity contribution is 5.98. The first-order valence-electron chi connectivity index (χ1n) is 9.89. The summed E-state index contributed by atoms with van der Waals surface area (Å²) in [6.07, 6.45) is 1.50. The molecule has 1 unspecified atom stereocenters. The van der Waals surface area contributed by atoms with E-state index in [0.717, 1.165) is 11.3 Å². The smallest absolute Gasteiger partial charge is 0.262 e. The largest absolute Gasteiger partial charge is 0.493 e. The van der Waals surface area contributed by atoms with Crippen molar-refractivity contribution in [2.24, 2.45) is 16.9 Å². The summed E-state index contributed by atoms with van der Waals surface area (Å²) in [4.78, 5) is 24.8. The van der Waals surface area contributed by atoms with Crippen LogP contribution in [-0.4, -0.2) is 30.7 Å². The molecule has 7 heteroatoms. The number of rotatable bonds is 9. The van der Waals surface area contributed by atoms with E-state index in [1.807, 2.05) is 24.3 Å². The van der Waals surface area contributed by atoms with Crippen LogP contribution in [0.1, 0.15) is 43.6 Å². The van der Waals surface area contributed by atoms with Crippen molar-refractivity contribution >= 4 is 18.0 Å². The van der Waals surface area contributed by atoms with E-state index >= 15 is 0 Å². The molecule has 0 saturated heterocycles. The quantitative estimate of drug-likeness (QED) is 0.485. The van der Waals surface area contributed by atoms with Crippen molar-refractivity contribution in [3.8, 4) is 5.75 Å². The molecule has 0 bridgehead atoms. The van der Waals surface area contributed by atoms with E-state index in [4.69, 9.17) is 4.74 Å². The summed E-state index contributed by atoms with van der Waals surface area (Å²) in [6, 6.07) is 12.1. The molecule has 0 aliphatic heterocycles. The standard InChI is InChI=1S/C23H28FN3O3/c1-15(2)14-30-18-11-9-17(10-12-18)13-25-27-23(29)21(16(3)4)26-22(28)19-7-5-6-8-20(19)24/h5-13,15-16,21H,14H2,1-4H3,(H,26,28)(H,27,29). The molecule has 0 aliphatic carbocycles. The van der Waals surface area contributed by atoms with Crippen molar-refractivity contribution in [2.45, 2.75) is 33.7 Å². The minimum atomic E-state index is -0.860. The van der Waals surface area contributed by atoms with Gasteiger partial charge in [-0.1, -0.05) is 39.8 Å². The average molecular weight is 413 g/mol. The van der Waals surface area contributed by atoms with Gasteiger partial charge in [0.25, 0.3) is 11.8 Å². The van der Waals surface area contributed by atoms with Gasteiger partial charge >= 0.3 is 0 Å². The number of hydrogen-bond acceptors (Lipinski definition) is 4.